The zero-order chi connectivity index (χ0) is 24.8. The van der Waals surface area contributed by atoms with Crippen molar-refractivity contribution in [2.75, 3.05) is 13.1 Å². The Hall–Kier alpha value is -2.02. The SMILES string of the molecule is Cc1cc2c(cc1C(=O)N(C(C)C)[C@@H]1CCCN(C(=O)OC(C)(C)C)C1)CC(=O)C1(CCC1)S2. The Bertz CT molecular complexity index is 993. The lowest BCUT2D eigenvalue weighted by Crippen LogP contribution is -2.54. The van der Waals surface area contributed by atoms with E-state index >= 15 is 0 Å². The van der Waals surface area contributed by atoms with Gasteiger partial charge in [0.05, 0.1) is 10.8 Å². The third kappa shape index (κ3) is 4.86. The van der Waals surface area contributed by atoms with E-state index in [1.807, 2.05) is 52.5 Å². The second-order valence-corrected chi connectivity index (χ2v) is 12.8. The molecule has 1 aromatic rings. The van der Waals surface area contributed by atoms with Gasteiger partial charge in [0.15, 0.2) is 5.78 Å². The number of ether oxygens (including phenoxy) is 1. The van der Waals surface area contributed by atoms with Gasteiger partial charge in [0.2, 0.25) is 0 Å². The molecule has 3 aliphatic rings. The number of amides is 2. The number of ketones is 1. The summed E-state index contributed by atoms with van der Waals surface area (Å²) in [5.74, 6) is 0.284. The molecule has 1 aliphatic carbocycles. The molecule has 186 valence electrons. The highest BCUT2D eigenvalue weighted by Crippen LogP contribution is 2.52. The van der Waals surface area contributed by atoms with Gasteiger partial charge in [-0.15, -0.1) is 11.8 Å². The van der Waals surface area contributed by atoms with Crippen LogP contribution < -0.4 is 0 Å². The number of hydrogen-bond acceptors (Lipinski definition) is 5. The third-order valence-electron chi connectivity index (χ3n) is 7.20. The molecule has 0 radical (unpaired) electrons. The number of aryl methyl sites for hydroxylation is 1. The number of nitrogens with zero attached hydrogens (tertiary/aromatic N) is 2. The van der Waals surface area contributed by atoms with Crippen molar-refractivity contribution in [3.8, 4) is 0 Å². The number of hydrogen-bond donors (Lipinski definition) is 0. The maximum absolute atomic E-state index is 13.9. The van der Waals surface area contributed by atoms with Crippen LogP contribution in [0.25, 0.3) is 0 Å². The fraction of sp³-hybridized carbons (Fsp3) is 0.667. The molecule has 2 aliphatic heterocycles. The Morgan fingerprint density at radius 2 is 1.91 bits per heavy atom. The van der Waals surface area contributed by atoms with Gasteiger partial charge in [0.25, 0.3) is 5.91 Å². The molecular weight excluding hydrogens is 448 g/mol. The van der Waals surface area contributed by atoms with Crippen LogP contribution in [0.3, 0.4) is 0 Å². The van der Waals surface area contributed by atoms with E-state index in [1.54, 1.807) is 16.7 Å². The van der Waals surface area contributed by atoms with Gasteiger partial charge in [0, 0.05) is 36.0 Å². The van der Waals surface area contributed by atoms with E-state index in [-0.39, 0.29) is 28.8 Å². The Labute approximate surface area is 207 Å². The largest absolute Gasteiger partial charge is 0.444 e. The zero-order valence-corrected chi connectivity index (χ0v) is 22.2. The summed E-state index contributed by atoms with van der Waals surface area (Å²) in [6.07, 6.45) is 4.83. The molecule has 0 unspecified atom stereocenters. The first-order valence-electron chi connectivity index (χ1n) is 12.6. The highest BCUT2D eigenvalue weighted by atomic mass is 32.2. The Kier molecular flexibility index (Phi) is 6.80. The number of carbonyl (C=O) groups excluding carboxylic acids is 3. The summed E-state index contributed by atoms with van der Waals surface area (Å²) in [7, 11) is 0. The first-order valence-corrected chi connectivity index (χ1v) is 13.4. The molecule has 0 bridgehead atoms. The molecule has 7 heteroatoms. The second kappa shape index (κ2) is 9.21. The predicted octanol–water partition coefficient (Wildman–Crippen LogP) is 5.39. The molecule has 0 aromatic heterocycles. The van der Waals surface area contributed by atoms with Crippen LogP contribution in [0.1, 0.15) is 88.2 Å². The van der Waals surface area contributed by atoms with Crippen molar-refractivity contribution in [3.05, 3.63) is 28.8 Å². The molecule has 0 N–H and O–H groups in total. The fourth-order valence-electron chi connectivity index (χ4n) is 5.31. The molecule has 2 fully saturated rings. The molecule has 1 atom stereocenters. The minimum atomic E-state index is -0.550. The molecule has 1 saturated heterocycles. The maximum atomic E-state index is 13.9. The fourth-order valence-corrected chi connectivity index (χ4v) is 6.90. The molecular formula is C27H38N2O4S. The highest BCUT2D eigenvalue weighted by molar-refractivity contribution is 8.01. The first-order chi connectivity index (χ1) is 15.9. The summed E-state index contributed by atoms with van der Waals surface area (Å²) in [5, 5.41) is 0. The number of likely N-dealkylation sites (tertiary alicyclic amines) is 1. The number of piperidine rings is 1. The lowest BCUT2D eigenvalue weighted by molar-refractivity contribution is -0.122. The van der Waals surface area contributed by atoms with Crippen LogP contribution in [0.15, 0.2) is 17.0 Å². The van der Waals surface area contributed by atoms with E-state index in [0.717, 1.165) is 48.1 Å². The van der Waals surface area contributed by atoms with Crippen molar-refractivity contribution < 1.29 is 19.1 Å². The summed E-state index contributed by atoms with van der Waals surface area (Å²) in [4.78, 5) is 44.2. The van der Waals surface area contributed by atoms with Crippen LogP contribution in [0, 0.1) is 6.92 Å². The van der Waals surface area contributed by atoms with Crippen LogP contribution in [-0.4, -0.2) is 63.1 Å². The van der Waals surface area contributed by atoms with Gasteiger partial charge in [-0.1, -0.05) is 0 Å². The van der Waals surface area contributed by atoms with Crippen molar-refractivity contribution in [3.63, 3.8) is 0 Å². The Morgan fingerprint density at radius 1 is 1.21 bits per heavy atom. The van der Waals surface area contributed by atoms with E-state index in [4.69, 9.17) is 4.74 Å². The summed E-state index contributed by atoms with van der Waals surface area (Å²) < 4.78 is 5.36. The smallest absolute Gasteiger partial charge is 0.410 e. The van der Waals surface area contributed by atoms with Gasteiger partial charge in [-0.3, -0.25) is 9.59 Å². The first kappa shape index (κ1) is 25.1. The van der Waals surface area contributed by atoms with Crippen LogP contribution in [0.2, 0.25) is 0 Å². The van der Waals surface area contributed by atoms with Gasteiger partial charge in [-0.05, 0) is 96.9 Å². The van der Waals surface area contributed by atoms with Crippen molar-refractivity contribution in [1.82, 2.24) is 9.80 Å². The minimum Gasteiger partial charge on any atom is -0.444 e. The van der Waals surface area contributed by atoms with Gasteiger partial charge in [-0.25, -0.2) is 4.79 Å². The second-order valence-electron chi connectivity index (χ2n) is 11.4. The van der Waals surface area contributed by atoms with E-state index in [2.05, 4.69) is 6.07 Å². The average Bonchev–Trinajstić information content (AvgIpc) is 2.70. The standard InChI is InChI=1S/C27H38N2O4S/c1-17(2)29(20-9-7-12-28(16-20)25(32)33-26(4,5)6)24(31)21-14-19-15-23(30)27(10-8-11-27)34-22(19)13-18(21)3/h13-14,17,20H,7-12,15-16H2,1-6H3/t20-/m1/s1. The van der Waals surface area contributed by atoms with Gasteiger partial charge in [0.1, 0.15) is 5.60 Å². The van der Waals surface area contributed by atoms with Crippen LogP contribution in [0.5, 0.6) is 0 Å². The maximum Gasteiger partial charge on any atom is 0.410 e. The van der Waals surface area contributed by atoms with Gasteiger partial charge < -0.3 is 14.5 Å². The summed E-state index contributed by atoms with van der Waals surface area (Å²) in [5.41, 5.74) is 2.04. The molecule has 6 nitrogen and oxygen atoms in total. The van der Waals surface area contributed by atoms with E-state index in [1.165, 1.54) is 0 Å². The summed E-state index contributed by atoms with van der Waals surface area (Å²) in [6.45, 7) is 12.8. The van der Waals surface area contributed by atoms with Gasteiger partial charge in [-0.2, -0.15) is 0 Å². The Morgan fingerprint density at radius 3 is 2.50 bits per heavy atom. The number of carbonyl (C=O) groups is 3. The quantitative estimate of drug-likeness (QED) is 0.573. The van der Waals surface area contributed by atoms with Crippen LogP contribution >= 0.6 is 11.8 Å². The van der Waals surface area contributed by atoms with Crippen molar-refractivity contribution in [1.29, 1.82) is 0 Å². The van der Waals surface area contributed by atoms with Crippen molar-refractivity contribution in [2.24, 2.45) is 0 Å². The lowest BCUT2D eigenvalue weighted by Gasteiger charge is -2.43. The monoisotopic (exact) mass is 486 g/mol. The molecule has 2 heterocycles. The molecule has 4 rings (SSSR count). The molecule has 34 heavy (non-hydrogen) atoms. The summed E-state index contributed by atoms with van der Waals surface area (Å²) in [6, 6.07) is 3.97. The van der Waals surface area contributed by atoms with Crippen LogP contribution in [-0.2, 0) is 16.0 Å². The number of fused-ring (bicyclic) bond motifs is 1. The number of rotatable bonds is 3. The average molecular weight is 487 g/mol. The highest BCUT2D eigenvalue weighted by Gasteiger charge is 2.47. The molecule has 1 saturated carbocycles. The number of thioether (sulfide) groups is 1. The van der Waals surface area contributed by atoms with E-state index < -0.39 is 5.60 Å². The Balaban J connectivity index is 1.56. The van der Waals surface area contributed by atoms with Crippen molar-refractivity contribution >= 4 is 29.5 Å². The lowest BCUT2D eigenvalue weighted by atomic mass is 9.78. The zero-order valence-electron chi connectivity index (χ0n) is 21.4. The predicted molar refractivity (Wildman–Crippen MR) is 134 cm³/mol. The number of Topliss-reactive ketones (excluding diaryl/α,β-unsaturated/α-hetero) is 1. The van der Waals surface area contributed by atoms with Gasteiger partial charge >= 0.3 is 6.09 Å². The topological polar surface area (TPSA) is 66.9 Å². The molecule has 2 amide bonds. The normalized spacial score (nSPS) is 21.8. The summed E-state index contributed by atoms with van der Waals surface area (Å²) >= 11 is 1.71. The third-order valence-corrected chi connectivity index (χ3v) is 8.82. The minimum absolute atomic E-state index is 0.0132. The van der Waals surface area contributed by atoms with E-state index in [9.17, 15) is 14.4 Å². The van der Waals surface area contributed by atoms with Crippen LogP contribution in [0.4, 0.5) is 4.79 Å². The van der Waals surface area contributed by atoms with E-state index in [0.29, 0.717) is 30.9 Å². The van der Waals surface area contributed by atoms with Crippen molar-refractivity contribution in [2.45, 2.75) is 107 Å². The molecule has 1 aromatic carbocycles. The number of benzene rings is 1. The molecule has 1 spiro atoms.